The minimum Gasteiger partial charge on any atom is -0.497 e. The van der Waals surface area contributed by atoms with Crippen molar-refractivity contribution in [3.05, 3.63) is 94.2 Å². The number of nitrogens with one attached hydrogen (secondary N) is 1. The minimum atomic E-state index is -0.396. The molecule has 0 bridgehead atoms. The molecule has 3 heterocycles. The Morgan fingerprint density at radius 3 is 2.61 bits per heavy atom. The average molecular weight is 455 g/mol. The zero-order chi connectivity index (χ0) is 23.1. The smallest absolute Gasteiger partial charge is 0.283 e. The third-order valence-corrected chi connectivity index (χ3v) is 6.59. The van der Waals surface area contributed by atoms with Crippen LogP contribution in [0.2, 0.25) is 0 Å². The molecule has 0 aliphatic carbocycles. The second kappa shape index (κ2) is 8.26. The van der Waals surface area contributed by atoms with E-state index >= 15 is 0 Å². The van der Waals surface area contributed by atoms with E-state index in [-0.39, 0.29) is 11.4 Å². The molecule has 5 rings (SSSR count). The number of carbonyl (C=O) groups is 1. The maximum absolute atomic E-state index is 12.9. The number of amides is 1. The van der Waals surface area contributed by atoms with Crippen molar-refractivity contribution in [1.82, 2.24) is 9.47 Å². The Kier molecular flexibility index (Phi) is 5.26. The molecule has 33 heavy (non-hydrogen) atoms. The number of hydrogen-bond donors (Lipinski definition) is 1. The van der Waals surface area contributed by atoms with E-state index in [1.807, 2.05) is 79.9 Å². The van der Waals surface area contributed by atoms with E-state index in [0.717, 1.165) is 39.6 Å². The number of aliphatic imine (C=N–C) groups is 1. The molecule has 0 spiro atoms. The van der Waals surface area contributed by atoms with Gasteiger partial charge in [0, 0.05) is 28.5 Å². The fourth-order valence-electron chi connectivity index (χ4n) is 4.15. The number of fused-ring (bicyclic) bond motifs is 1. The van der Waals surface area contributed by atoms with Crippen LogP contribution in [0.15, 0.2) is 76.6 Å². The van der Waals surface area contributed by atoms with Crippen molar-refractivity contribution < 1.29 is 9.53 Å². The Morgan fingerprint density at radius 2 is 1.85 bits per heavy atom. The van der Waals surface area contributed by atoms with Crippen LogP contribution >= 0.6 is 11.8 Å². The van der Waals surface area contributed by atoms with E-state index < -0.39 is 5.91 Å². The Hall–Kier alpha value is -3.84. The Balaban J connectivity index is 1.55. The van der Waals surface area contributed by atoms with Gasteiger partial charge in [0.15, 0.2) is 5.17 Å². The molecule has 0 saturated heterocycles. The molecule has 6 nitrogen and oxygen atoms in total. The first-order valence-electron chi connectivity index (χ1n) is 10.5. The van der Waals surface area contributed by atoms with E-state index in [2.05, 4.69) is 9.56 Å². The van der Waals surface area contributed by atoms with Crippen molar-refractivity contribution in [1.29, 1.82) is 5.41 Å². The van der Waals surface area contributed by atoms with Gasteiger partial charge in [-0.15, -0.1) is 0 Å². The van der Waals surface area contributed by atoms with E-state index in [4.69, 9.17) is 10.1 Å². The summed E-state index contributed by atoms with van der Waals surface area (Å²) < 4.78 is 7.49. The van der Waals surface area contributed by atoms with E-state index in [1.54, 1.807) is 18.1 Å². The monoisotopic (exact) mass is 454 g/mol. The van der Waals surface area contributed by atoms with Gasteiger partial charge in [-0.1, -0.05) is 48.2 Å². The summed E-state index contributed by atoms with van der Waals surface area (Å²) in [7, 11) is 1.65. The number of benzene rings is 2. The molecule has 0 saturated carbocycles. The molecule has 3 aromatic rings. The maximum atomic E-state index is 12.9. The summed E-state index contributed by atoms with van der Waals surface area (Å²) in [5.74, 6) is 0.515. The van der Waals surface area contributed by atoms with E-state index in [1.165, 1.54) is 11.8 Å². The Morgan fingerprint density at radius 1 is 1.06 bits per heavy atom. The van der Waals surface area contributed by atoms with Crippen LogP contribution in [0.1, 0.15) is 22.5 Å². The lowest BCUT2D eigenvalue weighted by molar-refractivity contribution is -0.114. The highest BCUT2D eigenvalue weighted by Crippen LogP contribution is 2.37. The molecule has 1 N–H and O–H groups in total. The van der Waals surface area contributed by atoms with Crippen LogP contribution in [0.25, 0.3) is 17.5 Å². The molecule has 2 aliphatic heterocycles. The molecule has 0 unspecified atom stereocenters. The highest BCUT2D eigenvalue weighted by molar-refractivity contribution is 8.17. The molecule has 164 valence electrons. The molecule has 2 aliphatic rings. The molecule has 1 aromatic heterocycles. The molecule has 0 radical (unpaired) electrons. The molecule has 2 aromatic carbocycles. The SMILES string of the molecule is COc1cccc(-n2c(C)cc(C=C3C(=N)N4C(c5ccccc5)=CSC4=NC3=O)c2C)c1. The van der Waals surface area contributed by atoms with Crippen molar-refractivity contribution in [2.75, 3.05) is 7.11 Å². The molecule has 1 amide bonds. The lowest BCUT2D eigenvalue weighted by Gasteiger charge is -2.26. The summed E-state index contributed by atoms with van der Waals surface area (Å²) in [6.45, 7) is 4.03. The molecule has 0 fully saturated rings. The van der Waals surface area contributed by atoms with Crippen molar-refractivity contribution in [3.8, 4) is 11.4 Å². The number of nitrogens with zero attached hydrogens (tertiary/aromatic N) is 3. The first-order valence-corrected chi connectivity index (χ1v) is 11.4. The van der Waals surface area contributed by atoms with Crippen molar-refractivity contribution >= 4 is 40.4 Å². The number of ether oxygens (including phenoxy) is 1. The molecular formula is C26H22N4O2S. The highest BCUT2D eigenvalue weighted by Gasteiger charge is 2.36. The van der Waals surface area contributed by atoms with Gasteiger partial charge in [-0.25, -0.2) is 0 Å². The number of amidine groups is 2. The van der Waals surface area contributed by atoms with Crippen LogP contribution in [0.4, 0.5) is 0 Å². The van der Waals surface area contributed by atoms with E-state index in [9.17, 15) is 4.79 Å². The second-order valence-corrected chi connectivity index (χ2v) is 8.63. The maximum Gasteiger partial charge on any atom is 0.283 e. The summed E-state index contributed by atoms with van der Waals surface area (Å²) in [6.07, 6.45) is 1.77. The topological polar surface area (TPSA) is 70.7 Å². The van der Waals surface area contributed by atoms with Crippen LogP contribution < -0.4 is 4.74 Å². The van der Waals surface area contributed by atoms with Gasteiger partial charge in [0.2, 0.25) is 0 Å². The number of thioether (sulfide) groups is 1. The fourth-order valence-corrected chi connectivity index (χ4v) is 5.04. The number of carbonyl (C=O) groups excluding carboxylic acids is 1. The van der Waals surface area contributed by atoms with Crippen molar-refractivity contribution in [3.63, 3.8) is 0 Å². The first kappa shape index (κ1) is 21.0. The lowest BCUT2D eigenvalue weighted by Crippen LogP contribution is -2.38. The lowest BCUT2D eigenvalue weighted by atomic mass is 10.1. The summed E-state index contributed by atoms with van der Waals surface area (Å²) in [5, 5.41) is 11.3. The molecule has 7 heteroatoms. The summed E-state index contributed by atoms with van der Waals surface area (Å²) in [6, 6.07) is 19.7. The summed E-state index contributed by atoms with van der Waals surface area (Å²) >= 11 is 1.36. The van der Waals surface area contributed by atoms with Crippen LogP contribution in [0, 0.1) is 19.3 Å². The third-order valence-electron chi connectivity index (χ3n) is 5.77. The third kappa shape index (κ3) is 3.60. The summed E-state index contributed by atoms with van der Waals surface area (Å²) in [5.41, 5.74) is 5.94. The predicted molar refractivity (Wildman–Crippen MR) is 134 cm³/mol. The van der Waals surface area contributed by atoms with Crippen molar-refractivity contribution in [2.45, 2.75) is 13.8 Å². The van der Waals surface area contributed by atoms with Gasteiger partial charge in [-0.2, -0.15) is 4.99 Å². The Bertz CT molecular complexity index is 1380. The van der Waals surface area contributed by atoms with E-state index in [0.29, 0.717) is 5.17 Å². The van der Waals surface area contributed by atoms with Gasteiger partial charge in [-0.3, -0.25) is 15.1 Å². The van der Waals surface area contributed by atoms with Crippen LogP contribution in [-0.4, -0.2) is 33.5 Å². The number of aromatic nitrogens is 1. The normalized spacial score (nSPS) is 16.7. The second-order valence-electron chi connectivity index (χ2n) is 7.79. The number of rotatable bonds is 4. The predicted octanol–water partition coefficient (Wildman–Crippen LogP) is 5.41. The van der Waals surface area contributed by atoms with Gasteiger partial charge in [0.1, 0.15) is 11.6 Å². The molecular weight excluding hydrogens is 432 g/mol. The van der Waals surface area contributed by atoms with Crippen LogP contribution in [0.5, 0.6) is 5.75 Å². The molecule has 0 atom stereocenters. The fraction of sp³-hybridized carbons (Fsp3) is 0.115. The zero-order valence-electron chi connectivity index (χ0n) is 18.5. The van der Waals surface area contributed by atoms with Crippen LogP contribution in [0.3, 0.4) is 0 Å². The van der Waals surface area contributed by atoms with Gasteiger partial charge in [0.05, 0.1) is 18.4 Å². The Labute approximate surface area is 196 Å². The highest BCUT2D eigenvalue weighted by atomic mass is 32.2. The minimum absolute atomic E-state index is 0.135. The average Bonchev–Trinajstić information content (AvgIpc) is 3.37. The first-order chi connectivity index (χ1) is 16.0. The van der Waals surface area contributed by atoms with Gasteiger partial charge >= 0.3 is 0 Å². The summed E-state index contributed by atoms with van der Waals surface area (Å²) in [4.78, 5) is 18.9. The largest absolute Gasteiger partial charge is 0.497 e. The number of hydrogen-bond acceptors (Lipinski definition) is 4. The zero-order valence-corrected chi connectivity index (χ0v) is 19.3. The number of methoxy groups -OCH3 is 1. The quantitative estimate of drug-likeness (QED) is 0.536. The van der Waals surface area contributed by atoms with Crippen molar-refractivity contribution in [2.24, 2.45) is 4.99 Å². The number of aryl methyl sites for hydroxylation is 1. The standard InChI is InChI=1S/C26H22N4O2S/c1-16-12-19(17(2)29(16)20-10-7-11-21(14-20)32-3)13-22-24(27)30-23(18-8-5-4-6-9-18)15-33-26(30)28-25(22)31/h4-15,27H,1-3H3. The van der Waals surface area contributed by atoms with Gasteiger partial charge in [0.25, 0.3) is 5.91 Å². The van der Waals surface area contributed by atoms with Gasteiger partial charge < -0.3 is 9.30 Å². The van der Waals surface area contributed by atoms with Crippen LogP contribution in [-0.2, 0) is 4.79 Å². The van der Waals surface area contributed by atoms with Gasteiger partial charge in [-0.05, 0) is 49.2 Å².